The Kier molecular flexibility index (Phi) is 4.34. The Hall–Kier alpha value is -3.55. The van der Waals surface area contributed by atoms with E-state index in [1.54, 1.807) is 23.1 Å². The van der Waals surface area contributed by atoms with Crippen LogP contribution in [0.25, 0.3) is 5.65 Å². The van der Waals surface area contributed by atoms with Gasteiger partial charge in [0.25, 0.3) is 0 Å². The molecule has 8 heteroatoms. The quantitative estimate of drug-likeness (QED) is 0.560. The molecule has 7 nitrogen and oxygen atoms in total. The highest BCUT2D eigenvalue weighted by molar-refractivity contribution is 5.62. The SMILES string of the molecule is Cc1ccc(Nc2cnc3c(c2)CN(c2nn4cnnc4c(C)c2C)CC3)c(F)c1. The van der Waals surface area contributed by atoms with Gasteiger partial charge in [-0.05, 0) is 50.1 Å². The van der Waals surface area contributed by atoms with Gasteiger partial charge < -0.3 is 10.2 Å². The molecule has 5 rings (SSSR count). The molecule has 3 aromatic heterocycles. The maximum atomic E-state index is 14.2. The van der Waals surface area contributed by atoms with Crippen molar-refractivity contribution in [3.8, 4) is 0 Å². The number of rotatable bonds is 3. The van der Waals surface area contributed by atoms with Crippen LogP contribution in [-0.4, -0.2) is 31.3 Å². The highest BCUT2D eigenvalue weighted by atomic mass is 19.1. The van der Waals surface area contributed by atoms with E-state index in [4.69, 9.17) is 5.10 Å². The number of halogens is 1. The van der Waals surface area contributed by atoms with E-state index in [1.807, 2.05) is 26.0 Å². The summed E-state index contributed by atoms with van der Waals surface area (Å²) in [5, 5.41) is 16.0. The van der Waals surface area contributed by atoms with Crippen LogP contribution in [0, 0.1) is 26.6 Å². The van der Waals surface area contributed by atoms with Crippen LogP contribution in [0.5, 0.6) is 0 Å². The van der Waals surface area contributed by atoms with Crippen LogP contribution in [-0.2, 0) is 13.0 Å². The minimum absolute atomic E-state index is 0.271. The molecule has 1 N–H and O–H groups in total. The van der Waals surface area contributed by atoms with Crippen LogP contribution in [0.4, 0.5) is 21.6 Å². The van der Waals surface area contributed by atoms with Crippen LogP contribution < -0.4 is 10.2 Å². The van der Waals surface area contributed by atoms with Crippen molar-refractivity contribution in [3.63, 3.8) is 0 Å². The van der Waals surface area contributed by atoms with Crippen molar-refractivity contribution in [2.45, 2.75) is 33.7 Å². The lowest BCUT2D eigenvalue weighted by Crippen LogP contribution is -2.32. The summed E-state index contributed by atoms with van der Waals surface area (Å²) in [5.41, 5.74) is 7.24. The Balaban J connectivity index is 1.45. The van der Waals surface area contributed by atoms with E-state index in [1.165, 1.54) is 6.07 Å². The summed E-state index contributed by atoms with van der Waals surface area (Å²) in [4.78, 5) is 6.87. The average Bonchev–Trinajstić information content (AvgIpc) is 3.21. The fourth-order valence-electron chi connectivity index (χ4n) is 3.92. The van der Waals surface area contributed by atoms with Crippen LogP contribution in [0.1, 0.15) is 27.9 Å². The third-order valence-electron chi connectivity index (χ3n) is 5.71. The lowest BCUT2D eigenvalue weighted by atomic mass is 10.0. The van der Waals surface area contributed by atoms with Gasteiger partial charge in [0.05, 0.1) is 17.6 Å². The van der Waals surface area contributed by atoms with E-state index in [-0.39, 0.29) is 5.82 Å². The molecule has 0 saturated heterocycles. The van der Waals surface area contributed by atoms with E-state index >= 15 is 0 Å². The molecule has 0 atom stereocenters. The van der Waals surface area contributed by atoms with Crippen molar-refractivity contribution >= 4 is 22.8 Å². The van der Waals surface area contributed by atoms with Gasteiger partial charge in [0.2, 0.25) is 0 Å². The number of nitrogens with one attached hydrogen (secondary N) is 1. The Morgan fingerprint density at radius 3 is 2.80 bits per heavy atom. The van der Waals surface area contributed by atoms with Crippen molar-refractivity contribution in [2.24, 2.45) is 0 Å². The predicted molar refractivity (Wildman–Crippen MR) is 114 cm³/mol. The largest absolute Gasteiger partial charge is 0.352 e. The van der Waals surface area contributed by atoms with Crippen molar-refractivity contribution in [1.29, 1.82) is 0 Å². The molecular formula is C22H22FN7. The molecule has 0 saturated carbocycles. The van der Waals surface area contributed by atoms with Crippen molar-refractivity contribution in [1.82, 2.24) is 24.8 Å². The van der Waals surface area contributed by atoms with Crippen molar-refractivity contribution in [2.75, 3.05) is 16.8 Å². The number of aryl methyl sites for hydroxylation is 2. The molecule has 0 aliphatic carbocycles. The highest BCUT2D eigenvalue weighted by Gasteiger charge is 2.22. The summed E-state index contributed by atoms with van der Waals surface area (Å²) in [6.07, 6.45) is 4.22. The smallest absolute Gasteiger partial charge is 0.180 e. The van der Waals surface area contributed by atoms with Gasteiger partial charge in [-0.15, -0.1) is 15.3 Å². The summed E-state index contributed by atoms with van der Waals surface area (Å²) in [6.45, 7) is 7.51. The van der Waals surface area contributed by atoms with Crippen LogP contribution >= 0.6 is 0 Å². The summed E-state index contributed by atoms with van der Waals surface area (Å²) < 4.78 is 16.0. The van der Waals surface area contributed by atoms with E-state index in [2.05, 4.69) is 32.3 Å². The van der Waals surface area contributed by atoms with Gasteiger partial charge in [-0.3, -0.25) is 4.98 Å². The number of pyridine rings is 1. The van der Waals surface area contributed by atoms with Gasteiger partial charge in [-0.1, -0.05) is 6.07 Å². The highest BCUT2D eigenvalue weighted by Crippen LogP contribution is 2.29. The molecule has 30 heavy (non-hydrogen) atoms. The molecule has 0 fully saturated rings. The number of anilines is 3. The molecular weight excluding hydrogens is 381 g/mol. The van der Waals surface area contributed by atoms with Gasteiger partial charge in [0.15, 0.2) is 11.5 Å². The maximum absolute atomic E-state index is 14.2. The fourth-order valence-corrected chi connectivity index (χ4v) is 3.92. The Bertz CT molecular complexity index is 1260. The number of hydrogen-bond donors (Lipinski definition) is 1. The van der Waals surface area contributed by atoms with Gasteiger partial charge >= 0.3 is 0 Å². The number of aromatic nitrogens is 5. The first-order chi connectivity index (χ1) is 14.5. The van der Waals surface area contributed by atoms with Gasteiger partial charge in [-0.2, -0.15) is 4.52 Å². The summed E-state index contributed by atoms with van der Waals surface area (Å²) in [6, 6.07) is 7.21. The minimum Gasteiger partial charge on any atom is -0.352 e. The summed E-state index contributed by atoms with van der Waals surface area (Å²) in [5.74, 6) is 0.653. The normalized spacial score (nSPS) is 13.5. The van der Waals surface area contributed by atoms with Crippen molar-refractivity contribution in [3.05, 3.63) is 70.6 Å². The second-order valence-electron chi connectivity index (χ2n) is 7.78. The number of fused-ring (bicyclic) bond motifs is 2. The van der Waals surface area contributed by atoms with E-state index < -0.39 is 0 Å². The lowest BCUT2D eigenvalue weighted by molar-refractivity contribution is 0.630. The molecule has 4 heterocycles. The minimum atomic E-state index is -0.271. The molecule has 1 aliphatic rings. The van der Waals surface area contributed by atoms with Gasteiger partial charge in [0.1, 0.15) is 12.1 Å². The third kappa shape index (κ3) is 3.14. The van der Waals surface area contributed by atoms with Crippen LogP contribution in [0.2, 0.25) is 0 Å². The first-order valence-corrected chi connectivity index (χ1v) is 9.93. The molecule has 0 amide bonds. The average molecular weight is 403 g/mol. The predicted octanol–water partition coefficient (Wildman–Crippen LogP) is 3.89. The maximum Gasteiger partial charge on any atom is 0.180 e. The topological polar surface area (TPSA) is 71.2 Å². The molecule has 1 aromatic carbocycles. The van der Waals surface area contributed by atoms with E-state index in [0.29, 0.717) is 12.2 Å². The molecule has 0 unspecified atom stereocenters. The van der Waals surface area contributed by atoms with E-state index in [0.717, 1.165) is 58.1 Å². The van der Waals surface area contributed by atoms with Gasteiger partial charge in [0, 0.05) is 36.3 Å². The third-order valence-corrected chi connectivity index (χ3v) is 5.71. The number of nitrogens with zero attached hydrogens (tertiary/aromatic N) is 6. The van der Waals surface area contributed by atoms with Gasteiger partial charge in [-0.25, -0.2) is 4.39 Å². The Morgan fingerprint density at radius 2 is 1.97 bits per heavy atom. The molecule has 1 aliphatic heterocycles. The zero-order valence-corrected chi connectivity index (χ0v) is 17.1. The van der Waals surface area contributed by atoms with E-state index in [9.17, 15) is 4.39 Å². The van der Waals surface area contributed by atoms with Crippen LogP contribution in [0.15, 0.2) is 36.8 Å². The lowest BCUT2D eigenvalue weighted by Gasteiger charge is -2.30. The number of hydrogen-bond acceptors (Lipinski definition) is 6. The Labute approximate surface area is 173 Å². The molecule has 0 bridgehead atoms. The number of benzene rings is 1. The summed E-state index contributed by atoms with van der Waals surface area (Å²) in [7, 11) is 0. The second kappa shape index (κ2) is 7.05. The first kappa shape index (κ1) is 18.5. The summed E-state index contributed by atoms with van der Waals surface area (Å²) >= 11 is 0. The second-order valence-corrected chi connectivity index (χ2v) is 7.78. The molecule has 0 radical (unpaired) electrons. The monoisotopic (exact) mass is 403 g/mol. The molecule has 4 aromatic rings. The standard InChI is InChI=1S/C22H22FN7/c1-13-4-5-20(18(23)8-13)26-17-9-16-11-29(7-6-19(16)24-10-17)22-15(3)14(2)21-27-25-12-30(21)28-22/h4-5,8-10,12,26H,6-7,11H2,1-3H3. The Morgan fingerprint density at radius 1 is 1.10 bits per heavy atom. The van der Waals surface area contributed by atoms with Crippen LogP contribution in [0.3, 0.4) is 0 Å². The van der Waals surface area contributed by atoms with Crippen molar-refractivity contribution < 1.29 is 4.39 Å². The zero-order valence-electron chi connectivity index (χ0n) is 17.1. The molecule has 0 spiro atoms. The zero-order chi connectivity index (χ0) is 20.8. The first-order valence-electron chi connectivity index (χ1n) is 9.93. The fraction of sp³-hybridized carbons (Fsp3) is 0.273. The molecule has 152 valence electrons.